The van der Waals surface area contributed by atoms with E-state index in [0.717, 1.165) is 38.5 Å². The number of carbonyl (C=O) groups excluding carboxylic acids is 1. The molecule has 1 fully saturated rings. The van der Waals surface area contributed by atoms with Crippen LogP contribution in [-0.2, 0) is 18.3 Å². The summed E-state index contributed by atoms with van der Waals surface area (Å²) >= 11 is 0. The molecule has 0 spiro atoms. The molecule has 3 rings (SSSR count). The number of imidazole rings is 1. The second-order valence-electron chi connectivity index (χ2n) is 6.19. The van der Waals surface area contributed by atoms with Crippen molar-refractivity contribution < 1.29 is 4.79 Å². The largest absolute Gasteiger partial charge is 0.355 e. The first-order chi connectivity index (χ1) is 11.7. The molecule has 0 radical (unpaired) electrons. The summed E-state index contributed by atoms with van der Waals surface area (Å²) in [6.07, 6.45) is 4.66. The molecule has 0 saturated carbocycles. The number of hydrogen-bond donors (Lipinski definition) is 1. The molecule has 1 amide bonds. The Bertz CT molecular complexity index is 657. The number of piperazine rings is 1. The number of nitrogens with one attached hydrogen (secondary N) is 1. The molecule has 6 nitrogen and oxygen atoms in total. The van der Waals surface area contributed by atoms with Crippen molar-refractivity contribution in [2.75, 3.05) is 44.2 Å². The van der Waals surface area contributed by atoms with Crippen LogP contribution in [0.3, 0.4) is 0 Å². The van der Waals surface area contributed by atoms with Gasteiger partial charge in [-0.25, -0.2) is 4.98 Å². The van der Waals surface area contributed by atoms with Gasteiger partial charge in [-0.2, -0.15) is 0 Å². The highest BCUT2D eigenvalue weighted by atomic mass is 35.5. The number of benzene rings is 1. The monoisotopic (exact) mass is 399 g/mol. The van der Waals surface area contributed by atoms with E-state index in [1.54, 1.807) is 0 Å². The van der Waals surface area contributed by atoms with Crippen molar-refractivity contribution in [1.29, 1.82) is 0 Å². The van der Waals surface area contributed by atoms with Crippen molar-refractivity contribution in [3.8, 4) is 0 Å². The van der Waals surface area contributed by atoms with Crippen LogP contribution in [-0.4, -0.2) is 59.6 Å². The highest BCUT2D eigenvalue weighted by Gasteiger charge is 2.20. The first kappa shape index (κ1) is 22.3. The standard InChI is InChI=1S/C18H25N5O.2ClH/c1-21-10-9-20-18(21)23-13-11-22(12-14-23)15-17(24)19-8-7-16-5-3-2-4-6-16;;/h2-6,9-10H,7-8,11-15H2,1H3,(H,19,24);2*1H. The number of aromatic nitrogens is 2. The molecular weight excluding hydrogens is 373 g/mol. The number of halogens is 2. The lowest BCUT2D eigenvalue weighted by Crippen LogP contribution is -2.50. The lowest BCUT2D eigenvalue weighted by Gasteiger charge is -2.34. The van der Waals surface area contributed by atoms with Gasteiger partial charge in [-0.15, -0.1) is 24.8 Å². The van der Waals surface area contributed by atoms with E-state index in [1.807, 2.05) is 42.2 Å². The van der Waals surface area contributed by atoms with Crippen LogP contribution in [0.25, 0.3) is 0 Å². The summed E-state index contributed by atoms with van der Waals surface area (Å²) in [4.78, 5) is 20.9. The predicted molar refractivity (Wildman–Crippen MR) is 110 cm³/mol. The Hall–Kier alpha value is -1.76. The van der Waals surface area contributed by atoms with Crippen LogP contribution in [0.1, 0.15) is 5.56 Å². The molecule has 1 aromatic heterocycles. The van der Waals surface area contributed by atoms with Gasteiger partial charge < -0.3 is 14.8 Å². The Balaban J connectivity index is 0.00000169. The zero-order valence-electron chi connectivity index (χ0n) is 15.0. The molecule has 1 aromatic carbocycles. The molecule has 1 saturated heterocycles. The van der Waals surface area contributed by atoms with E-state index >= 15 is 0 Å². The van der Waals surface area contributed by atoms with Crippen molar-refractivity contribution in [1.82, 2.24) is 19.8 Å². The van der Waals surface area contributed by atoms with E-state index in [1.165, 1.54) is 5.56 Å². The van der Waals surface area contributed by atoms with Crippen molar-refractivity contribution >= 4 is 36.7 Å². The van der Waals surface area contributed by atoms with Crippen LogP contribution in [0.15, 0.2) is 42.7 Å². The predicted octanol–water partition coefficient (Wildman–Crippen LogP) is 1.74. The summed E-state index contributed by atoms with van der Waals surface area (Å²) in [6.45, 7) is 4.75. The Kier molecular flexibility index (Phi) is 9.48. The Labute approximate surface area is 167 Å². The minimum absolute atomic E-state index is 0. The smallest absolute Gasteiger partial charge is 0.234 e. The van der Waals surface area contributed by atoms with Gasteiger partial charge in [-0.3, -0.25) is 9.69 Å². The third-order valence-corrected chi connectivity index (χ3v) is 4.40. The average Bonchev–Trinajstić information content (AvgIpc) is 3.03. The maximum Gasteiger partial charge on any atom is 0.234 e. The molecule has 1 aliphatic rings. The first-order valence-corrected chi connectivity index (χ1v) is 8.47. The van der Waals surface area contributed by atoms with Gasteiger partial charge in [-0.05, 0) is 12.0 Å². The minimum atomic E-state index is 0. The van der Waals surface area contributed by atoms with Crippen molar-refractivity contribution in [3.05, 3.63) is 48.3 Å². The average molecular weight is 400 g/mol. The summed E-state index contributed by atoms with van der Waals surface area (Å²) in [7, 11) is 2.01. The third kappa shape index (κ3) is 6.20. The van der Waals surface area contributed by atoms with E-state index in [9.17, 15) is 4.79 Å². The minimum Gasteiger partial charge on any atom is -0.355 e. The number of rotatable bonds is 6. The summed E-state index contributed by atoms with van der Waals surface area (Å²) in [5.41, 5.74) is 1.25. The Morgan fingerprint density at radius 2 is 1.81 bits per heavy atom. The van der Waals surface area contributed by atoms with Crippen LogP contribution in [0.2, 0.25) is 0 Å². The molecule has 0 aliphatic carbocycles. The van der Waals surface area contributed by atoms with Crippen LogP contribution in [0.4, 0.5) is 5.95 Å². The Morgan fingerprint density at radius 3 is 2.42 bits per heavy atom. The fourth-order valence-electron chi connectivity index (χ4n) is 3.02. The zero-order valence-corrected chi connectivity index (χ0v) is 16.6. The molecule has 0 unspecified atom stereocenters. The van der Waals surface area contributed by atoms with Gasteiger partial charge in [0, 0.05) is 52.2 Å². The maximum absolute atomic E-state index is 12.1. The molecule has 1 aliphatic heterocycles. The summed E-state index contributed by atoms with van der Waals surface area (Å²) < 4.78 is 2.03. The quantitative estimate of drug-likeness (QED) is 0.803. The fourth-order valence-corrected chi connectivity index (χ4v) is 3.02. The number of anilines is 1. The summed E-state index contributed by atoms with van der Waals surface area (Å²) in [5, 5.41) is 3.02. The highest BCUT2D eigenvalue weighted by Crippen LogP contribution is 2.12. The maximum atomic E-state index is 12.1. The van der Waals surface area contributed by atoms with Gasteiger partial charge in [0.2, 0.25) is 11.9 Å². The molecule has 26 heavy (non-hydrogen) atoms. The van der Waals surface area contributed by atoms with Crippen LogP contribution in [0.5, 0.6) is 0 Å². The van der Waals surface area contributed by atoms with Crippen LogP contribution >= 0.6 is 24.8 Å². The molecule has 144 valence electrons. The normalized spacial score (nSPS) is 14.3. The Morgan fingerprint density at radius 1 is 1.12 bits per heavy atom. The van der Waals surface area contributed by atoms with Crippen molar-refractivity contribution in [2.24, 2.45) is 7.05 Å². The second-order valence-corrected chi connectivity index (χ2v) is 6.19. The van der Waals surface area contributed by atoms with E-state index < -0.39 is 0 Å². The topological polar surface area (TPSA) is 53.4 Å². The van der Waals surface area contributed by atoms with E-state index in [-0.39, 0.29) is 30.7 Å². The lowest BCUT2D eigenvalue weighted by molar-refractivity contribution is -0.122. The number of carbonyl (C=O) groups is 1. The van der Waals surface area contributed by atoms with Crippen molar-refractivity contribution in [3.63, 3.8) is 0 Å². The first-order valence-electron chi connectivity index (χ1n) is 8.47. The van der Waals surface area contributed by atoms with Gasteiger partial charge >= 0.3 is 0 Å². The van der Waals surface area contributed by atoms with E-state index in [2.05, 4.69) is 32.2 Å². The fraction of sp³-hybridized carbons (Fsp3) is 0.444. The van der Waals surface area contributed by atoms with Gasteiger partial charge in [0.15, 0.2) is 0 Å². The molecular formula is C18H27Cl2N5O. The van der Waals surface area contributed by atoms with E-state index in [4.69, 9.17) is 0 Å². The van der Waals surface area contributed by atoms with Gasteiger partial charge in [0.25, 0.3) is 0 Å². The molecule has 0 bridgehead atoms. The van der Waals surface area contributed by atoms with Crippen LogP contribution < -0.4 is 10.2 Å². The van der Waals surface area contributed by atoms with Gasteiger partial charge in [0.05, 0.1) is 6.54 Å². The highest BCUT2D eigenvalue weighted by molar-refractivity contribution is 5.85. The number of aryl methyl sites for hydroxylation is 1. The molecule has 8 heteroatoms. The second kappa shape index (κ2) is 11.1. The molecule has 0 atom stereocenters. The number of amides is 1. The SMILES string of the molecule is Cl.Cl.Cn1ccnc1N1CCN(CC(=O)NCCc2ccccc2)CC1. The molecule has 2 aromatic rings. The lowest BCUT2D eigenvalue weighted by atomic mass is 10.1. The van der Waals surface area contributed by atoms with Gasteiger partial charge in [-0.1, -0.05) is 30.3 Å². The van der Waals surface area contributed by atoms with Crippen LogP contribution in [0, 0.1) is 0 Å². The molecule has 1 N–H and O–H groups in total. The summed E-state index contributed by atoms with van der Waals surface area (Å²) in [6, 6.07) is 10.2. The number of hydrogen-bond acceptors (Lipinski definition) is 4. The summed E-state index contributed by atoms with van der Waals surface area (Å²) in [5.74, 6) is 1.11. The molecule has 2 heterocycles. The third-order valence-electron chi connectivity index (χ3n) is 4.40. The van der Waals surface area contributed by atoms with Crippen molar-refractivity contribution in [2.45, 2.75) is 6.42 Å². The zero-order chi connectivity index (χ0) is 16.8. The van der Waals surface area contributed by atoms with Gasteiger partial charge in [0.1, 0.15) is 0 Å². The van der Waals surface area contributed by atoms with E-state index in [0.29, 0.717) is 13.1 Å². The number of nitrogens with zero attached hydrogens (tertiary/aromatic N) is 4.